The minimum atomic E-state index is 0. The molecule has 1 aromatic carbocycles. The second-order valence-corrected chi connectivity index (χ2v) is 1.66. The Hall–Kier alpha value is -0.333. The number of halogens is 1. The van der Waals surface area contributed by atoms with Crippen LogP contribution >= 0.6 is 11.6 Å². The van der Waals surface area contributed by atoms with E-state index in [9.17, 15) is 0 Å². The summed E-state index contributed by atoms with van der Waals surface area (Å²) in [6, 6.07) is 10.0. The molecule has 0 spiro atoms. The van der Waals surface area contributed by atoms with Crippen molar-refractivity contribution in [2.45, 2.75) is 0 Å². The topological polar surface area (TPSA) is 0 Å². The number of hydrogen-bond acceptors (Lipinski definition) is 0. The number of terminal acetylenes is 1. The van der Waals surface area contributed by atoms with Crippen LogP contribution in [0.1, 0.15) is 0 Å². The van der Waals surface area contributed by atoms with Crippen LogP contribution in [0, 0.1) is 18.9 Å². The molecule has 0 aliphatic carbocycles. The minimum absolute atomic E-state index is 0. The Bertz CT molecular complexity index is 169. The van der Waals surface area contributed by atoms with Gasteiger partial charge in [-0.2, -0.15) is 41.9 Å². The van der Waals surface area contributed by atoms with Gasteiger partial charge in [0.1, 0.15) is 0 Å². The fourth-order valence-electron chi connectivity index (χ4n) is 0.371. The van der Waals surface area contributed by atoms with E-state index in [0.717, 1.165) is 5.02 Å². The van der Waals surface area contributed by atoms with Gasteiger partial charge in [-0.1, -0.05) is 5.02 Å². The van der Waals surface area contributed by atoms with Gasteiger partial charge in [0.2, 0.25) is 0 Å². The predicted molar refractivity (Wildman–Crippen MR) is 40.2 cm³/mol. The zero-order valence-electron chi connectivity index (χ0n) is 5.84. The van der Waals surface area contributed by atoms with Crippen molar-refractivity contribution in [3.05, 3.63) is 35.4 Å². The van der Waals surface area contributed by atoms with Gasteiger partial charge in [0.25, 0.3) is 0 Å². The van der Waals surface area contributed by atoms with Crippen molar-refractivity contribution < 1.29 is 18.9 Å². The molecular formula is C8H6ClLi. The largest absolute Gasteiger partial charge is 1.00 e. The van der Waals surface area contributed by atoms with Gasteiger partial charge in [0.15, 0.2) is 0 Å². The third-order valence-corrected chi connectivity index (χ3v) is 0.904. The van der Waals surface area contributed by atoms with Gasteiger partial charge in [-0.15, -0.1) is 12.8 Å². The zero-order valence-corrected chi connectivity index (χ0v) is 6.60. The maximum atomic E-state index is 5.51. The van der Waals surface area contributed by atoms with Crippen molar-refractivity contribution in [1.82, 2.24) is 0 Å². The van der Waals surface area contributed by atoms with Crippen LogP contribution < -0.4 is 18.9 Å². The molecule has 0 radical (unpaired) electrons. The summed E-state index contributed by atoms with van der Waals surface area (Å²) in [6.45, 7) is 0. The summed E-state index contributed by atoms with van der Waals surface area (Å²) in [7, 11) is 0. The van der Waals surface area contributed by atoms with E-state index < -0.39 is 0 Å². The maximum absolute atomic E-state index is 5.51. The third-order valence-electron chi connectivity index (χ3n) is 0.669. The monoisotopic (exact) mass is 144 g/mol. The first-order valence-corrected chi connectivity index (χ1v) is 2.72. The fraction of sp³-hybridized carbons (Fsp3) is 0. The van der Waals surface area contributed by atoms with Gasteiger partial charge >= 0.3 is 18.9 Å². The van der Waals surface area contributed by atoms with Crippen LogP contribution in [0.2, 0.25) is 5.02 Å². The Morgan fingerprint density at radius 1 is 1.40 bits per heavy atom. The molecule has 1 rings (SSSR count). The molecule has 0 fully saturated rings. The first kappa shape index (κ1) is 12.4. The molecule has 0 N–H and O–H groups in total. The fourth-order valence-corrected chi connectivity index (χ4v) is 0.507. The van der Waals surface area contributed by atoms with Gasteiger partial charge in [0, 0.05) is 0 Å². The van der Waals surface area contributed by atoms with Crippen molar-refractivity contribution in [1.29, 1.82) is 0 Å². The van der Waals surface area contributed by atoms with Crippen molar-refractivity contribution in [3.63, 3.8) is 0 Å². The zero-order chi connectivity index (χ0) is 7.11. The van der Waals surface area contributed by atoms with E-state index in [1.807, 2.05) is 18.2 Å². The molecule has 0 aliphatic rings. The normalized spacial score (nSPS) is 6.30. The average molecular weight is 145 g/mol. The molecule has 0 atom stereocenters. The number of rotatable bonds is 0. The summed E-state index contributed by atoms with van der Waals surface area (Å²) in [5, 5.41) is 0.738. The Balaban J connectivity index is 0. The van der Waals surface area contributed by atoms with Gasteiger partial charge in [-0.25, -0.2) is 0 Å². The van der Waals surface area contributed by atoms with Gasteiger partial charge in [-0.05, 0) is 0 Å². The van der Waals surface area contributed by atoms with Crippen LogP contribution in [0.25, 0.3) is 0 Å². The maximum Gasteiger partial charge on any atom is 1.00 e. The Labute approximate surface area is 78.8 Å². The minimum Gasteiger partial charge on any atom is -0.182 e. The van der Waals surface area contributed by atoms with E-state index in [4.69, 9.17) is 11.6 Å². The molecule has 0 saturated carbocycles. The van der Waals surface area contributed by atoms with E-state index >= 15 is 0 Å². The Kier molecular flexibility index (Phi) is 10.7. The summed E-state index contributed by atoms with van der Waals surface area (Å²) >= 11 is 5.51. The molecule has 0 unspecified atom stereocenters. The molecule has 2 heteroatoms. The predicted octanol–water partition coefficient (Wildman–Crippen LogP) is -0.606. The van der Waals surface area contributed by atoms with Crippen LogP contribution in [-0.4, -0.2) is 0 Å². The van der Waals surface area contributed by atoms with Crippen molar-refractivity contribution in [2.24, 2.45) is 0 Å². The second-order valence-electron chi connectivity index (χ2n) is 1.22. The standard InChI is InChI=1S/C6H4Cl.C2H2.Li/c7-6-4-2-1-3-5-6;1-2;/h1-2,4-5H;1-2H;/q-1;;+1. The van der Waals surface area contributed by atoms with Crippen LogP contribution in [0.3, 0.4) is 0 Å². The van der Waals surface area contributed by atoms with Crippen LogP contribution in [0.15, 0.2) is 24.3 Å². The summed E-state index contributed by atoms with van der Waals surface area (Å²) < 4.78 is 0. The van der Waals surface area contributed by atoms with Gasteiger partial charge in [0.05, 0.1) is 0 Å². The molecule has 10 heavy (non-hydrogen) atoms. The molecule has 1 aromatic rings. The quantitative estimate of drug-likeness (QED) is 0.259. The summed E-state index contributed by atoms with van der Waals surface area (Å²) in [6.07, 6.45) is 8.00. The van der Waals surface area contributed by atoms with Crippen LogP contribution in [0.5, 0.6) is 0 Å². The molecule has 0 bridgehead atoms. The van der Waals surface area contributed by atoms with E-state index in [1.54, 1.807) is 6.07 Å². The summed E-state index contributed by atoms with van der Waals surface area (Å²) in [4.78, 5) is 0. The van der Waals surface area contributed by atoms with Crippen molar-refractivity contribution in [3.8, 4) is 12.8 Å². The van der Waals surface area contributed by atoms with E-state index in [-0.39, 0.29) is 18.9 Å². The average Bonchev–Trinajstić information content (AvgIpc) is 1.94. The first-order chi connectivity index (χ1) is 4.39. The molecule has 0 amide bonds. The Morgan fingerprint density at radius 2 is 2.00 bits per heavy atom. The van der Waals surface area contributed by atoms with Gasteiger partial charge < -0.3 is 0 Å². The van der Waals surface area contributed by atoms with E-state index in [2.05, 4.69) is 18.9 Å². The summed E-state index contributed by atoms with van der Waals surface area (Å²) in [5.74, 6) is 0. The Morgan fingerprint density at radius 3 is 2.20 bits per heavy atom. The SMILES string of the molecule is C#C.Clc1c[c-]ccc1.[Li+]. The van der Waals surface area contributed by atoms with E-state index in [0.29, 0.717) is 0 Å². The molecule has 0 nitrogen and oxygen atoms in total. The molecule has 0 aromatic heterocycles. The van der Waals surface area contributed by atoms with Gasteiger partial charge in [-0.3, -0.25) is 0 Å². The summed E-state index contributed by atoms with van der Waals surface area (Å²) in [5.41, 5.74) is 0. The molecule has 46 valence electrons. The van der Waals surface area contributed by atoms with E-state index in [1.165, 1.54) is 0 Å². The van der Waals surface area contributed by atoms with Crippen molar-refractivity contribution >= 4 is 11.6 Å². The first-order valence-electron chi connectivity index (χ1n) is 2.34. The molecular weight excluding hydrogens is 138 g/mol. The molecule has 0 heterocycles. The van der Waals surface area contributed by atoms with Crippen LogP contribution in [0.4, 0.5) is 0 Å². The third kappa shape index (κ3) is 5.80. The molecule has 0 aliphatic heterocycles. The van der Waals surface area contributed by atoms with Crippen LogP contribution in [-0.2, 0) is 0 Å². The smallest absolute Gasteiger partial charge is 0.182 e. The van der Waals surface area contributed by atoms with Crippen molar-refractivity contribution in [2.75, 3.05) is 0 Å². The number of benzene rings is 1. The number of hydrogen-bond donors (Lipinski definition) is 0. The second kappa shape index (κ2) is 8.67. The molecule has 0 saturated heterocycles.